The molecule has 1 N–H and O–H groups in total. The fraction of sp³-hybridized carbons (Fsp3) is 0.176. The summed E-state index contributed by atoms with van der Waals surface area (Å²) >= 11 is 0. The highest BCUT2D eigenvalue weighted by molar-refractivity contribution is 6.01. The predicted molar refractivity (Wildman–Crippen MR) is 90.3 cm³/mol. The van der Waals surface area contributed by atoms with E-state index in [1.165, 1.54) is 19.2 Å². The number of aromatic nitrogens is 2. The fourth-order valence-corrected chi connectivity index (χ4v) is 2.22. The van der Waals surface area contributed by atoms with Gasteiger partial charge in [-0.05, 0) is 29.8 Å². The first-order valence-electron chi connectivity index (χ1n) is 7.32. The summed E-state index contributed by atoms with van der Waals surface area (Å²) in [4.78, 5) is 0. The number of methoxy groups -OCH3 is 1. The zero-order valence-corrected chi connectivity index (χ0v) is 13.4. The normalized spacial score (nSPS) is 17.1. The molecule has 1 aliphatic heterocycles. The Morgan fingerprint density at radius 2 is 2.29 bits per heavy atom. The minimum absolute atomic E-state index is 0.367. The number of nitrogens with zero attached hydrogens (tertiary/aromatic N) is 3. The number of ether oxygens (including phenoxy) is 2. The van der Waals surface area contributed by atoms with Crippen LogP contribution in [0, 0.1) is 5.82 Å². The van der Waals surface area contributed by atoms with E-state index in [4.69, 9.17) is 9.47 Å². The van der Waals surface area contributed by atoms with E-state index in [-0.39, 0.29) is 5.82 Å². The molecule has 0 aliphatic carbocycles. The van der Waals surface area contributed by atoms with E-state index in [2.05, 4.69) is 15.6 Å². The number of anilines is 1. The Bertz CT molecular complexity index is 824. The number of rotatable bonds is 4. The summed E-state index contributed by atoms with van der Waals surface area (Å²) in [6.07, 6.45) is 8.98. The van der Waals surface area contributed by atoms with Gasteiger partial charge in [-0.25, -0.2) is 4.39 Å². The highest BCUT2D eigenvalue weighted by atomic mass is 19.1. The van der Waals surface area contributed by atoms with Gasteiger partial charge in [-0.3, -0.25) is 10.1 Å². The summed E-state index contributed by atoms with van der Waals surface area (Å²) in [5.74, 6) is 0.507. The van der Waals surface area contributed by atoms with Crippen LogP contribution in [0.4, 0.5) is 10.1 Å². The summed E-state index contributed by atoms with van der Waals surface area (Å²) in [5.41, 5.74) is 5.02. The summed E-state index contributed by atoms with van der Waals surface area (Å²) in [6, 6.07) is 4.49. The van der Waals surface area contributed by atoms with Gasteiger partial charge in [0.25, 0.3) is 0 Å². The maximum absolute atomic E-state index is 13.6. The van der Waals surface area contributed by atoms with Crippen LogP contribution in [0.25, 0.3) is 6.08 Å². The van der Waals surface area contributed by atoms with E-state index in [0.717, 1.165) is 11.3 Å². The number of hydrogen-bond acceptors (Lipinski definition) is 5. The third kappa shape index (κ3) is 3.81. The van der Waals surface area contributed by atoms with Gasteiger partial charge in [0.1, 0.15) is 18.2 Å². The number of hydrazone groups is 1. The molecule has 2 heterocycles. The molecule has 2 aromatic rings. The van der Waals surface area contributed by atoms with Crippen LogP contribution < -0.4 is 10.2 Å². The van der Waals surface area contributed by atoms with E-state index in [9.17, 15) is 4.39 Å². The third-order valence-electron chi connectivity index (χ3n) is 3.30. The molecule has 0 unspecified atom stereocenters. The van der Waals surface area contributed by atoms with E-state index < -0.39 is 0 Å². The number of nitrogens with one attached hydrogen (secondary N) is 1. The van der Waals surface area contributed by atoms with Gasteiger partial charge in [0.15, 0.2) is 0 Å². The molecule has 0 amide bonds. The van der Waals surface area contributed by atoms with Gasteiger partial charge in [-0.15, -0.1) is 5.10 Å². The standard InChI is InChI=1S/C17H17FN4O2/c1-22-11-15(10-19-22)20-21-17-13(4-3-5-24-17)6-12-7-14(18)9-16(8-12)23-2/h3-4,6-11,20H,5H2,1-2H3. The molecule has 6 nitrogen and oxygen atoms in total. The lowest BCUT2D eigenvalue weighted by Crippen LogP contribution is -2.13. The second-order valence-electron chi connectivity index (χ2n) is 5.17. The molecule has 0 saturated carbocycles. The summed E-state index contributed by atoms with van der Waals surface area (Å²) in [7, 11) is 3.32. The molecule has 0 saturated heterocycles. The molecule has 0 atom stereocenters. The van der Waals surface area contributed by atoms with Crippen LogP contribution in [0.5, 0.6) is 5.75 Å². The van der Waals surface area contributed by atoms with Crippen LogP contribution >= 0.6 is 0 Å². The minimum atomic E-state index is -0.367. The van der Waals surface area contributed by atoms with Gasteiger partial charge in [-0.1, -0.05) is 6.08 Å². The summed E-state index contributed by atoms with van der Waals surface area (Å²) < 4.78 is 25.9. The fourth-order valence-electron chi connectivity index (χ4n) is 2.22. The quantitative estimate of drug-likeness (QED) is 0.877. The molecule has 0 spiro atoms. The molecule has 1 aromatic heterocycles. The number of aryl methyl sites for hydroxylation is 1. The molecule has 124 valence electrons. The summed E-state index contributed by atoms with van der Waals surface area (Å²) in [5, 5.41) is 8.31. The minimum Gasteiger partial charge on any atom is -0.497 e. The lowest BCUT2D eigenvalue weighted by atomic mass is 10.1. The van der Waals surface area contributed by atoms with Crippen LogP contribution in [0.3, 0.4) is 0 Å². The van der Waals surface area contributed by atoms with Crippen molar-refractivity contribution < 1.29 is 13.9 Å². The van der Waals surface area contributed by atoms with Gasteiger partial charge in [0.05, 0.1) is 19.0 Å². The van der Waals surface area contributed by atoms with Gasteiger partial charge in [0.2, 0.25) is 5.90 Å². The first-order chi connectivity index (χ1) is 11.6. The van der Waals surface area contributed by atoms with Crippen LogP contribution in [0.15, 0.2) is 53.4 Å². The molecule has 24 heavy (non-hydrogen) atoms. The van der Waals surface area contributed by atoms with Crippen molar-refractivity contribution in [2.45, 2.75) is 0 Å². The Labute approximate surface area is 138 Å². The van der Waals surface area contributed by atoms with Crippen molar-refractivity contribution in [3.8, 4) is 5.75 Å². The zero-order chi connectivity index (χ0) is 16.9. The van der Waals surface area contributed by atoms with Crippen LogP contribution in [-0.2, 0) is 11.8 Å². The van der Waals surface area contributed by atoms with Crippen LogP contribution in [0.1, 0.15) is 5.56 Å². The Kier molecular flexibility index (Phi) is 4.60. The second kappa shape index (κ2) is 6.99. The Hall–Kier alpha value is -3.09. The molecule has 0 bridgehead atoms. The number of benzene rings is 1. The molecule has 1 aliphatic rings. The third-order valence-corrected chi connectivity index (χ3v) is 3.30. The van der Waals surface area contributed by atoms with E-state index in [1.807, 2.05) is 19.2 Å². The molecule has 0 fully saturated rings. The van der Waals surface area contributed by atoms with Gasteiger partial charge < -0.3 is 9.47 Å². The van der Waals surface area contributed by atoms with Gasteiger partial charge >= 0.3 is 0 Å². The lowest BCUT2D eigenvalue weighted by Gasteiger charge is -2.13. The van der Waals surface area contributed by atoms with Crippen LogP contribution in [0.2, 0.25) is 0 Å². The van der Waals surface area contributed by atoms with Crippen molar-refractivity contribution in [3.63, 3.8) is 0 Å². The maximum atomic E-state index is 13.6. The topological polar surface area (TPSA) is 60.7 Å². The number of halogens is 1. The van der Waals surface area contributed by atoms with Crippen molar-refractivity contribution in [3.05, 3.63) is 59.7 Å². The van der Waals surface area contributed by atoms with Gasteiger partial charge in [0, 0.05) is 24.9 Å². The average molecular weight is 328 g/mol. The first-order valence-corrected chi connectivity index (χ1v) is 7.32. The van der Waals surface area contributed by atoms with E-state index in [1.54, 1.807) is 29.2 Å². The van der Waals surface area contributed by atoms with E-state index in [0.29, 0.717) is 23.8 Å². The Balaban J connectivity index is 1.87. The van der Waals surface area contributed by atoms with Crippen molar-refractivity contribution in [1.82, 2.24) is 9.78 Å². The maximum Gasteiger partial charge on any atom is 0.238 e. The average Bonchev–Trinajstić information content (AvgIpc) is 2.99. The lowest BCUT2D eigenvalue weighted by molar-refractivity contribution is 0.346. The van der Waals surface area contributed by atoms with Crippen molar-refractivity contribution in [2.24, 2.45) is 12.1 Å². The van der Waals surface area contributed by atoms with Gasteiger partial charge in [-0.2, -0.15) is 5.10 Å². The highest BCUT2D eigenvalue weighted by Gasteiger charge is 2.11. The molecule has 3 rings (SSSR count). The first kappa shape index (κ1) is 15.8. The Morgan fingerprint density at radius 3 is 3.04 bits per heavy atom. The molecule has 1 aromatic carbocycles. The molecule has 7 heteroatoms. The van der Waals surface area contributed by atoms with Crippen LogP contribution in [-0.4, -0.2) is 29.4 Å². The molecular formula is C17H17FN4O2. The Morgan fingerprint density at radius 1 is 1.42 bits per heavy atom. The summed E-state index contributed by atoms with van der Waals surface area (Å²) in [6.45, 7) is 0.428. The van der Waals surface area contributed by atoms with Crippen molar-refractivity contribution >= 4 is 17.7 Å². The molecule has 0 radical (unpaired) electrons. The van der Waals surface area contributed by atoms with Crippen molar-refractivity contribution in [2.75, 3.05) is 19.1 Å². The van der Waals surface area contributed by atoms with Crippen molar-refractivity contribution in [1.29, 1.82) is 0 Å². The largest absolute Gasteiger partial charge is 0.497 e. The highest BCUT2D eigenvalue weighted by Crippen LogP contribution is 2.20. The monoisotopic (exact) mass is 328 g/mol. The smallest absolute Gasteiger partial charge is 0.238 e. The van der Waals surface area contributed by atoms with E-state index >= 15 is 0 Å². The zero-order valence-electron chi connectivity index (χ0n) is 13.4. The second-order valence-corrected chi connectivity index (χ2v) is 5.17. The molecular weight excluding hydrogens is 311 g/mol. The predicted octanol–water partition coefficient (Wildman–Crippen LogP) is 2.96. The SMILES string of the molecule is COc1cc(F)cc(C=C2C=CCOC2=NNc2cnn(C)c2)c1. The number of hydrogen-bond donors (Lipinski definition) is 1.